The van der Waals surface area contributed by atoms with Crippen LogP contribution in [0.25, 0.3) is 0 Å². The van der Waals surface area contributed by atoms with Crippen LogP contribution in [-0.2, 0) is 14.3 Å². The van der Waals surface area contributed by atoms with E-state index in [2.05, 4.69) is 10.6 Å². The fraction of sp³-hybridized carbons (Fsp3) is 0.500. The molecule has 3 amide bonds. The minimum Gasteiger partial charge on any atom is -0.458 e. The maximum Gasteiger partial charge on any atom is 0.328 e. The lowest BCUT2D eigenvalue weighted by atomic mass is 10.2. The number of urea groups is 1. The molecule has 1 atom stereocenters. The van der Waals surface area contributed by atoms with Crippen molar-refractivity contribution in [2.45, 2.75) is 52.2 Å². The van der Waals surface area contributed by atoms with Gasteiger partial charge in [0.15, 0.2) is 0 Å². The number of hydrogen-bond donors (Lipinski definition) is 2. The monoisotopic (exact) mass is 347 g/mol. The van der Waals surface area contributed by atoms with Gasteiger partial charge in [-0.1, -0.05) is 12.1 Å². The number of nitrogens with zero attached hydrogens (tertiary/aromatic N) is 1. The second kappa shape index (κ2) is 7.55. The molecular weight excluding hydrogens is 322 g/mol. The molecule has 0 spiro atoms. The first kappa shape index (κ1) is 18.8. The number of amides is 3. The van der Waals surface area contributed by atoms with Crippen molar-refractivity contribution >= 4 is 29.3 Å². The summed E-state index contributed by atoms with van der Waals surface area (Å²) in [5.41, 5.74) is 0.559. The molecule has 1 aliphatic rings. The van der Waals surface area contributed by atoms with E-state index in [-0.39, 0.29) is 5.91 Å². The third-order valence-electron chi connectivity index (χ3n) is 3.62. The molecule has 2 rings (SSSR count). The minimum atomic E-state index is -0.792. The number of carbonyl (C=O) groups is 3. The van der Waals surface area contributed by atoms with Crippen LogP contribution in [-0.4, -0.2) is 36.1 Å². The number of ether oxygens (including phenoxy) is 1. The molecule has 7 nitrogen and oxygen atoms in total. The molecule has 0 unspecified atom stereocenters. The normalized spacial score (nSPS) is 15.7. The van der Waals surface area contributed by atoms with Crippen LogP contribution >= 0.6 is 0 Å². The molecule has 1 aromatic carbocycles. The van der Waals surface area contributed by atoms with Crippen molar-refractivity contribution in [3.8, 4) is 0 Å². The Labute approximate surface area is 147 Å². The van der Waals surface area contributed by atoms with Gasteiger partial charge >= 0.3 is 12.0 Å². The van der Waals surface area contributed by atoms with Crippen LogP contribution in [0, 0.1) is 0 Å². The van der Waals surface area contributed by atoms with Crippen LogP contribution < -0.4 is 15.5 Å². The number of benzene rings is 1. The smallest absolute Gasteiger partial charge is 0.328 e. The van der Waals surface area contributed by atoms with E-state index in [4.69, 9.17) is 4.74 Å². The van der Waals surface area contributed by atoms with E-state index >= 15 is 0 Å². The Morgan fingerprint density at radius 2 is 1.92 bits per heavy atom. The third kappa shape index (κ3) is 5.20. The van der Waals surface area contributed by atoms with E-state index in [1.165, 1.54) is 0 Å². The fourth-order valence-electron chi connectivity index (χ4n) is 2.52. The SMILES string of the molecule is C[C@H](NC(=O)Nc1ccccc1N1CCCC1=O)C(=O)OC(C)(C)C. The summed E-state index contributed by atoms with van der Waals surface area (Å²) in [5, 5.41) is 5.26. The van der Waals surface area contributed by atoms with Crippen LogP contribution in [0.4, 0.5) is 16.2 Å². The predicted octanol–water partition coefficient (Wildman–Crippen LogP) is 2.67. The van der Waals surface area contributed by atoms with E-state index < -0.39 is 23.6 Å². The van der Waals surface area contributed by atoms with E-state index in [0.29, 0.717) is 24.3 Å². The Balaban J connectivity index is 2.01. The van der Waals surface area contributed by atoms with Gasteiger partial charge in [-0.25, -0.2) is 9.59 Å². The summed E-state index contributed by atoms with van der Waals surface area (Å²) < 4.78 is 5.24. The molecule has 0 bridgehead atoms. The van der Waals surface area contributed by atoms with E-state index in [1.807, 2.05) is 6.07 Å². The van der Waals surface area contributed by atoms with Gasteiger partial charge in [-0.05, 0) is 46.2 Å². The average molecular weight is 347 g/mol. The van der Waals surface area contributed by atoms with Gasteiger partial charge in [-0.3, -0.25) is 4.79 Å². The lowest BCUT2D eigenvalue weighted by Crippen LogP contribution is -2.44. The van der Waals surface area contributed by atoms with Crippen LogP contribution in [0.15, 0.2) is 24.3 Å². The lowest BCUT2D eigenvalue weighted by molar-refractivity contribution is -0.156. The van der Waals surface area contributed by atoms with Gasteiger partial charge in [0.25, 0.3) is 0 Å². The van der Waals surface area contributed by atoms with Crippen LogP contribution in [0.1, 0.15) is 40.5 Å². The Morgan fingerprint density at radius 3 is 2.52 bits per heavy atom. The number of para-hydroxylation sites is 2. The number of hydrogen-bond acceptors (Lipinski definition) is 4. The van der Waals surface area contributed by atoms with E-state index in [0.717, 1.165) is 6.42 Å². The van der Waals surface area contributed by atoms with Crippen molar-refractivity contribution in [2.75, 3.05) is 16.8 Å². The number of carbonyl (C=O) groups excluding carboxylic acids is 3. The topological polar surface area (TPSA) is 87.7 Å². The molecule has 136 valence electrons. The summed E-state index contributed by atoms with van der Waals surface area (Å²) in [6.45, 7) is 7.49. The first-order chi connectivity index (χ1) is 11.7. The summed E-state index contributed by atoms with van der Waals surface area (Å²) in [6.07, 6.45) is 1.31. The first-order valence-electron chi connectivity index (χ1n) is 8.37. The Bertz CT molecular complexity index is 667. The van der Waals surface area contributed by atoms with Crippen molar-refractivity contribution in [2.24, 2.45) is 0 Å². The van der Waals surface area contributed by atoms with Gasteiger partial charge in [0, 0.05) is 13.0 Å². The fourth-order valence-corrected chi connectivity index (χ4v) is 2.52. The highest BCUT2D eigenvalue weighted by Gasteiger charge is 2.25. The highest BCUT2D eigenvalue weighted by Crippen LogP contribution is 2.29. The van der Waals surface area contributed by atoms with E-state index in [1.54, 1.807) is 50.8 Å². The Kier molecular flexibility index (Phi) is 5.66. The Hall–Kier alpha value is -2.57. The van der Waals surface area contributed by atoms with Crippen molar-refractivity contribution in [1.82, 2.24) is 5.32 Å². The second-order valence-corrected chi connectivity index (χ2v) is 7.02. The molecule has 0 aliphatic carbocycles. The van der Waals surface area contributed by atoms with Crippen molar-refractivity contribution in [3.05, 3.63) is 24.3 Å². The molecule has 1 saturated heterocycles. The first-order valence-corrected chi connectivity index (χ1v) is 8.37. The second-order valence-electron chi connectivity index (χ2n) is 7.02. The molecule has 25 heavy (non-hydrogen) atoms. The summed E-state index contributed by atoms with van der Waals surface area (Å²) >= 11 is 0. The van der Waals surface area contributed by atoms with Gasteiger partial charge in [-0.15, -0.1) is 0 Å². The van der Waals surface area contributed by atoms with Gasteiger partial charge in [0.05, 0.1) is 11.4 Å². The highest BCUT2D eigenvalue weighted by molar-refractivity contribution is 6.02. The van der Waals surface area contributed by atoms with Crippen LogP contribution in [0.5, 0.6) is 0 Å². The molecule has 1 heterocycles. The molecule has 7 heteroatoms. The summed E-state index contributed by atoms with van der Waals surface area (Å²) in [4.78, 5) is 37.8. The molecule has 1 fully saturated rings. The van der Waals surface area contributed by atoms with Crippen molar-refractivity contribution in [3.63, 3.8) is 0 Å². The summed E-state index contributed by atoms with van der Waals surface area (Å²) in [7, 11) is 0. The molecule has 0 saturated carbocycles. The van der Waals surface area contributed by atoms with Crippen LogP contribution in [0.3, 0.4) is 0 Å². The molecule has 2 N–H and O–H groups in total. The molecule has 1 aliphatic heterocycles. The minimum absolute atomic E-state index is 0.0387. The largest absolute Gasteiger partial charge is 0.458 e. The third-order valence-corrected chi connectivity index (χ3v) is 3.62. The zero-order valence-corrected chi connectivity index (χ0v) is 15.1. The number of nitrogens with one attached hydrogen (secondary N) is 2. The Morgan fingerprint density at radius 1 is 1.24 bits per heavy atom. The average Bonchev–Trinajstić information content (AvgIpc) is 2.92. The zero-order valence-electron chi connectivity index (χ0n) is 15.1. The van der Waals surface area contributed by atoms with Crippen molar-refractivity contribution < 1.29 is 19.1 Å². The molecule has 1 aromatic rings. The van der Waals surface area contributed by atoms with Crippen molar-refractivity contribution in [1.29, 1.82) is 0 Å². The maximum atomic E-state index is 12.2. The molecule has 0 aromatic heterocycles. The summed E-state index contributed by atoms with van der Waals surface area (Å²) in [6, 6.07) is 5.77. The standard InChI is InChI=1S/C18H25N3O4/c1-12(16(23)25-18(2,3)4)19-17(24)20-13-8-5-6-9-14(13)21-11-7-10-15(21)22/h5-6,8-9,12H,7,10-11H2,1-4H3,(H2,19,20,24)/t12-/m0/s1. The maximum absolute atomic E-state index is 12.2. The summed E-state index contributed by atoms with van der Waals surface area (Å²) in [5.74, 6) is -0.470. The van der Waals surface area contributed by atoms with Gasteiger partial charge in [0.2, 0.25) is 5.91 Å². The number of anilines is 2. The zero-order chi connectivity index (χ0) is 18.6. The van der Waals surface area contributed by atoms with Gasteiger partial charge in [-0.2, -0.15) is 0 Å². The van der Waals surface area contributed by atoms with Gasteiger partial charge < -0.3 is 20.3 Å². The number of esters is 1. The van der Waals surface area contributed by atoms with Crippen LogP contribution in [0.2, 0.25) is 0 Å². The quantitative estimate of drug-likeness (QED) is 0.820. The lowest BCUT2D eigenvalue weighted by Gasteiger charge is -2.23. The molecule has 0 radical (unpaired) electrons. The predicted molar refractivity (Wildman–Crippen MR) is 95.5 cm³/mol. The molecular formula is C18H25N3O4. The number of rotatable bonds is 4. The van der Waals surface area contributed by atoms with E-state index in [9.17, 15) is 14.4 Å². The van der Waals surface area contributed by atoms with Gasteiger partial charge in [0.1, 0.15) is 11.6 Å². The highest BCUT2D eigenvalue weighted by atomic mass is 16.6.